The molecule has 108 valence electrons. The van der Waals surface area contributed by atoms with E-state index in [9.17, 15) is 14.7 Å². The van der Waals surface area contributed by atoms with Gasteiger partial charge in [-0.25, -0.2) is 4.79 Å². The Kier molecular flexibility index (Phi) is 4.40. The number of carboxylic acid groups (broad SMARTS) is 1. The van der Waals surface area contributed by atoms with Crippen LogP contribution in [0.25, 0.3) is 0 Å². The molecule has 0 aliphatic rings. The highest BCUT2D eigenvalue weighted by Gasteiger charge is 2.11. The number of benzene rings is 2. The number of aromatic carboxylic acids is 1. The Labute approximate surface area is 120 Å². The molecule has 0 heterocycles. The minimum Gasteiger partial charge on any atom is -0.506 e. The zero-order chi connectivity index (χ0) is 15.2. The second-order valence-corrected chi connectivity index (χ2v) is 4.19. The van der Waals surface area contributed by atoms with Crippen molar-refractivity contribution in [2.24, 2.45) is 0 Å². The average molecular weight is 287 g/mol. The third-order valence-corrected chi connectivity index (χ3v) is 2.63. The Hall–Kier alpha value is -3.02. The molecule has 0 aliphatic heterocycles. The lowest BCUT2D eigenvalue weighted by atomic mass is 10.2. The Morgan fingerprint density at radius 3 is 2.48 bits per heavy atom. The number of para-hydroxylation sites is 1. The van der Waals surface area contributed by atoms with Crippen LogP contribution in [-0.4, -0.2) is 28.7 Å². The monoisotopic (exact) mass is 287 g/mol. The fraction of sp³-hybridized carbons (Fsp3) is 0.0667. The van der Waals surface area contributed by atoms with Crippen molar-refractivity contribution < 1.29 is 24.5 Å². The van der Waals surface area contributed by atoms with Gasteiger partial charge in [0.2, 0.25) is 0 Å². The highest BCUT2D eigenvalue weighted by atomic mass is 16.5. The summed E-state index contributed by atoms with van der Waals surface area (Å²) in [7, 11) is 0. The van der Waals surface area contributed by atoms with Gasteiger partial charge in [-0.15, -0.1) is 0 Å². The zero-order valence-corrected chi connectivity index (χ0v) is 10.9. The van der Waals surface area contributed by atoms with Gasteiger partial charge in [-0.2, -0.15) is 0 Å². The molecule has 0 aliphatic carbocycles. The molecule has 0 saturated heterocycles. The quantitative estimate of drug-likeness (QED) is 0.732. The summed E-state index contributed by atoms with van der Waals surface area (Å²) in [5.41, 5.74) is -0.0105. The summed E-state index contributed by atoms with van der Waals surface area (Å²) in [5, 5.41) is 20.9. The number of hydrogen-bond acceptors (Lipinski definition) is 4. The summed E-state index contributed by atoms with van der Waals surface area (Å²) in [4.78, 5) is 22.6. The van der Waals surface area contributed by atoms with Gasteiger partial charge in [0.25, 0.3) is 5.91 Å². The Balaban J connectivity index is 1.99. The van der Waals surface area contributed by atoms with Crippen molar-refractivity contribution in [2.45, 2.75) is 0 Å². The number of carboxylic acids is 1. The maximum atomic E-state index is 11.7. The van der Waals surface area contributed by atoms with Crippen LogP contribution < -0.4 is 10.1 Å². The normalized spacial score (nSPS) is 9.90. The van der Waals surface area contributed by atoms with E-state index in [0.717, 1.165) is 0 Å². The molecule has 0 radical (unpaired) electrons. The number of anilines is 1. The van der Waals surface area contributed by atoms with E-state index in [4.69, 9.17) is 9.84 Å². The summed E-state index contributed by atoms with van der Waals surface area (Å²) in [6, 6.07) is 12.4. The van der Waals surface area contributed by atoms with Gasteiger partial charge in [-0.3, -0.25) is 4.79 Å². The Bertz CT molecular complexity index is 654. The van der Waals surface area contributed by atoms with Gasteiger partial charge in [0.05, 0.1) is 11.3 Å². The van der Waals surface area contributed by atoms with Crippen LogP contribution in [0.15, 0.2) is 48.5 Å². The fourth-order valence-corrected chi connectivity index (χ4v) is 1.62. The number of amides is 1. The standard InChI is InChI=1S/C15H13NO5/c17-13-7-6-10(15(19)20)8-12(13)16-14(18)9-21-11-4-2-1-3-5-11/h1-8,17H,9H2,(H,16,18)(H,19,20). The highest BCUT2D eigenvalue weighted by molar-refractivity contribution is 5.96. The molecule has 2 rings (SSSR count). The molecule has 6 heteroatoms. The second-order valence-electron chi connectivity index (χ2n) is 4.19. The molecule has 0 saturated carbocycles. The van der Waals surface area contributed by atoms with Gasteiger partial charge in [-0.05, 0) is 30.3 Å². The summed E-state index contributed by atoms with van der Waals surface area (Å²) in [6.07, 6.45) is 0. The van der Waals surface area contributed by atoms with Crippen molar-refractivity contribution in [3.8, 4) is 11.5 Å². The topological polar surface area (TPSA) is 95.9 Å². The number of carbonyl (C=O) groups is 2. The minimum atomic E-state index is -1.15. The summed E-state index contributed by atoms with van der Waals surface area (Å²) >= 11 is 0. The van der Waals surface area contributed by atoms with E-state index in [1.165, 1.54) is 18.2 Å². The molecule has 0 bridgehead atoms. The smallest absolute Gasteiger partial charge is 0.335 e. The van der Waals surface area contributed by atoms with Crippen molar-refractivity contribution in [1.29, 1.82) is 0 Å². The molecule has 1 amide bonds. The van der Waals surface area contributed by atoms with Gasteiger partial charge < -0.3 is 20.3 Å². The molecule has 0 atom stereocenters. The maximum absolute atomic E-state index is 11.7. The molecule has 0 unspecified atom stereocenters. The first kappa shape index (κ1) is 14.4. The third kappa shape index (κ3) is 3.97. The van der Waals surface area contributed by atoms with Gasteiger partial charge in [0.15, 0.2) is 6.61 Å². The average Bonchev–Trinajstić information content (AvgIpc) is 2.48. The van der Waals surface area contributed by atoms with Crippen molar-refractivity contribution >= 4 is 17.6 Å². The molecule has 2 aromatic rings. The van der Waals surface area contributed by atoms with Gasteiger partial charge in [0, 0.05) is 0 Å². The number of carbonyl (C=O) groups excluding carboxylic acids is 1. The number of aromatic hydroxyl groups is 1. The van der Waals surface area contributed by atoms with E-state index in [2.05, 4.69) is 5.32 Å². The van der Waals surface area contributed by atoms with E-state index in [1.54, 1.807) is 24.3 Å². The maximum Gasteiger partial charge on any atom is 0.335 e. The summed E-state index contributed by atoms with van der Waals surface area (Å²) in [6.45, 7) is -0.249. The number of phenols is 1. The number of nitrogens with one attached hydrogen (secondary N) is 1. The van der Waals surface area contributed by atoms with E-state index in [0.29, 0.717) is 5.75 Å². The molecule has 0 aromatic heterocycles. The Morgan fingerprint density at radius 1 is 1.10 bits per heavy atom. The van der Waals surface area contributed by atoms with Crippen molar-refractivity contribution in [3.63, 3.8) is 0 Å². The SMILES string of the molecule is O=C(COc1ccccc1)Nc1cc(C(=O)O)ccc1O. The predicted octanol–water partition coefficient (Wildman–Crippen LogP) is 2.11. The van der Waals surface area contributed by atoms with Crippen LogP contribution in [0.1, 0.15) is 10.4 Å². The fourth-order valence-electron chi connectivity index (χ4n) is 1.62. The van der Waals surface area contributed by atoms with Crippen LogP contribution in [-0.2, 0) is 4.79 Å². The molecule has 21 heavy (non-hydrogen) atoms. The molecule has 3 N–H and O–H groups in total. The lowest BCUT2D eigenvalue weighted by Crippen LogP contribution is -2.20. The van der Waals surface area contributed by atoms with E-state index in [1.807, 2.05) is 6.07 Å². The van der Waals surface area contributed by atoms with Crippen LogP contribution in [0.5, 0.6) is 11.5 Å². The first-order valence-corrected chi connectivity index (χ1v) is 6.10. The van der Waals surface area contributed by atoms with Crippen LogP contribution >= 0.6 is 0 Å². The van der Waals surface area contributed by atoms with Gasteiger partial charge >= 0.3 is 5.97 Å². The minimum absolute atomic E-state index is 0.0246. The van der Waals surface area contributed by atoms with Gasteiger partial charge in [0.1, 0.15) is 11.5 Å². The lowest BCUT2D eigenvalue weighted by molar-refractivity contribution is -0.118. The van der Waals surface area contributed by atoms with Crippen molar-refractivity contribution in [1.82, 2.24) is 0 Å². The summed E-state index contributed by atoms with van der Waals surface area (Å²) in [5.74, 6) is -1.33. The van der Waals surface area contributed by atoms with Crippen LogP contribution in [0.2, 0.25) is 0 Å². The molecular weight excluding hydrogens is 274 g/mol. The molecular formula is C15H13NO5. The largest absolute Gasteiger partial charge is 0.506 e. The van der Waals surface area contributed by atoms with Crippen LogP contribution in [0.3, 0.4) is 0 Å². The molecule has 2 aromatic carbocycles. The van der Waals surface area contributed by atoms with Crippen LogP contribution in [0, 0.1) is 0 Å². The van der Waals surface area contributed by atoms with Crippen molar-refractivity contribution in [2.75, 3.05) is 11.9 Å². The van der Waals surface area contributed by atoms with E-state index < -0.39 is 11.9 Å². The first-order chi connectivity index (χ1) is 10.1. The number of rotatable bonds is 5. The molecule has 6 nitrogen and oxygen atoms in total. The van der Waals surface area contributed by atoms with E-state index in [-0.39, 0.29) is 23.6 Å². The first-order valence-electron chi connectivity index (χ1n) is 6.10. The predicted molar refractivity (Wildman–Crippen MR) is 75.6 cm³/mol. The van der Waals surface area contributed by atoms with E-state index >= 15 is 0 Å². The Morgan fingerprint density at radius 2 is 1.81 bits per heavy atom. The number of ether oxygens (including phenoxy) is 1. The third-order valence-electron chi connectivity index (χ3n) is 2.63. The second kappa shape index (κ2) is 6.42. The van der Waals surface area contributed by atoms with Gasteiger partial charge in [-0.1, -0.05) is 18.2 Å². The number of hydrogen-bond donors (Lipinski definition) is 3. The highest BCUT2D eigenvalue weighted by Crippen LogP contribution is 2.24. The number of phenolic OH excluding ortho intramolecular Hbond substituents is 1. The van der Waals surface area contributed by atoms with Crippen molar-refractivity contribution in [3.05, 3.63) is 54.1 Å². The lowest BCUT2D eigenvalue weighted by Gasteiger charge is -2.09. The summed E-state index contributed by atoms with van der Waals surface area (Å²) < 4.78 is 5.25. The van der Waals surface area contributed by atoms with Crippen LogP contribution in [0.4, 0.5) is 5.69 Å². The molecule has 0 fully saturated rings. The molecule has 0 spiro atoms. The zero-order valence-electron chi connectivity index (χ0n) is 10.9.